The lowest BCUT2D eigenvalue weighted by atomic mass is 10.2. The molecule has 5 nitrogen and oxygen atoms in total. The Morgan fingerprint density at radius 1 is 1.08 bits per heavy atom. The maximum absolute atomic E-state index is 10.8. The predicted octanol–water partition coefficient (Wildman–Crippen LogP) is 4.78. The minimum atomic E-state index is -1.31. The number of fused-ring (bicyclic) bond motifs is 1. The van der Waals surface area contributed by atoms with E-state index in [1.807, 2.05) is 42.6 Å². The van der Waals surface area contributed by atoms with Gasteiger partial charge in [-0.15, -0.1) is 0 Å². The van der Waals surface area contributed by atoms with Crippen molar-refractivity contribution in [1.82, 2.24) is 4.57 Å². The number of hydrogen-bond donors (Lipinski definition) is 1. The van der Waals surface area contributed by atoms with Crippen LogP contribution >= 0.6 is 0 Å². The van der Waals surface area contributed by atoms with Crippen LogP contribution in [0.3, 0.4) is 0 Å². The lowest BCUT2D eigenvalue weighted by molar-refractivity contribution is 0.145. The minimum Gasteiger partial charge on any atom is -0.493 e. The van der Waals surface area contributed by atoms with Crippen LogP contribution in [-0.2, 0) is 6.54 Å². The van der Waals surface area contributed by atoms with Crippen LogP contribution in [-0.4, -0.2) is 22.4 Å². The number of carboxylic acid groups (broad SMARTS) is 1. The van der Waals surface area contributed by atoms with Crippen molar-refractivity contribution in [1.29, 1.82) is 0 Å². The van der Waals surface area contributed by atoms with Gasteiger partial charge in [0.05, 0.1) is 18.7 Å². The third-order valence-electron chi connectivity index (χ3n) is 3.86. The molecule has 1 aromatic heterocycles. The second-order valence-electron chi connectivity index (χ2n) is 6.31. The molecule has 0 radical (unpaired) electrons. The fourth-order valence-corrected chi connectivity index (χ4v) is 2.73. The number of hydrogen-bond acceptors (Lipinski definition) is 3. The Kier molecular flexibility index (Phi) is 4.93. The summed E-state index contributed by atoms with van der Waals surface area (Å²) in [5.41, 5.74) is 1.99. The first kappa shape index (κ1) is 16.9. The third kappa shape index (κ3) is 3.94. The molecule has 0 saturated heterocycles. The molecule has 1 heterocycles. The molecule has 0 unspecified atom stereocenters. The molecule has 5 heteroatoms. The Bertz CT molecular complexity index is 882. The molecule has 1 N–H and O–H groups in total. The second-order valence-corrected chi connectivity index (χ2v) is 6.31. The van der Waals surface area contributed by atoms with E-state index < -0.39 is 6.16 Å². The summed E-state index contributed by atoms with van der Waals surface area (Å²) in [5, 5.41) is 9.63. The first-order valence-electron chi connectivity index (χ1n) is 8.24. The molecule has 25 heavy (non-hydrogen) atoms. The number of para-hydroxylation sites is 1. The van der Waals surface area contributed by atoms with E-state index in [9.17, 15) is 4.79 Å². The molecule has 0 spiro atoms. The van der Waals surface area contributed by atoms with Gasteiger partial charge in [0.1, 0.15) is 11.5 Å². The fraction of sp³-hybridized carbons (Fsp3) is 0.250. The zero-order valence-electron chi connectivity index (χ0n) is 14.3. The van der Waals surface area contributed by atoms with Gasteiger partial charge in [0, 0.05) is 17.1 Å². The normalized spacial score (nSPS) is 11.0. The van der Waals surface area contributed by atoms with Gasteiger partial charge in [-0.1, -0.05) is 38.1 Å². The van der Waals surface area contributed by atoms with Gasteiger partial charge in [-0.2, -0.15) is 0 Å². The molecule has 3 aromatic rings. The molecular formula is C20H21NO4. The highest BCUT2D eigenvalue weighted by Crippen LogP contribution is 2.28. The lowest BCUT2D eigenvalue weighted by Gasteiger charge is -2.14. The van der Waals surface area contributed by atoms with Crippen LogP contribution in [0.4, 0.5) is 4.79 Å². The van der Waals surface area contributed by atoms with Crippen LogP contribution in [0.2, 0.25) is 0 Å². The van der Waals surface area contributed by atoms with Gasteiger partial charge >= 0.3 is 6.16 Å². The smallest absolute Gasteiger partial charge is 0.493 e. The van der Waals surface area contributed by atoms with Crippen molar-refractivity contribution in [2.75, 3.05) is 6.61 Å². The first-order chi connectivity index (χ1) is 12.0. The van der Waals surface area contributed by atoms with Crippen LogP contribution in [0.15, 0.2) is 54.7 Å². The van der Waals surface area contributed by atoms with E-state index in [0.29, 0.717) is 24.8 Å². The zero-order valence-corrected chi connectivity index (χ0v) is 14.3. The molecule has 0 amide bonds. The summed E-state index contributed by atoms with van der Waals surface area (Å²) in [6.07, 6.45) is 0.617. The second kappa shape index (κ2) is 7.30. The van der Waals surface area contributed by atoms with Gasteiger partial charge in [-0.05, 0) is 30.2 Å². The summed E-state index contributed by atoms with van der Waals surface area (Å²) >= 11 is 0. The highest BCUT2D eigenvalue weighted by atomic mass is 16.7. The van der Waals surface area contributed by atoms with Gasteiger partial charge in [0.15, 0.2) is 0 Å². The van der Waals surface area contributed by atoms with Crippen molar-refractivity contribution >= 4 is 17.1 Å². The molecule has 0 atom stereocenters. The van der Waals surface area contributed by atoms with Crippen molar-refractivity contribution in [3.8, 4) is 11.5 Å². The molecule has 0 saturated carbocycles. The average molecular weight is 339 g/mol. The van der Waals surface area contributed by atoms with E-state index in [4.69, 9.17) is 14.6 Å². The Balaban J connectivity index is 1.90. The average Bonchev–Trinajstić information content (AvgIpc) is 2.98. The van der Waals surface area contributed by atoms with Gasteiger partial charge < -0.3 is 19.1 Å². The number of rotatable bonds is 6. The predicted molar refractivity (Wildman–Crippen MR) is 96.5 cm³/mol. The summed E-state index contributed by atoms with van der Waals surface area (Å²) < 4.78 is 12.8. The van der Waals surface area contributed by atoms with Crippen LogP contribution in [0, 0.1) is 5.92 Å². The van der Waals surface area contributed by atoms with E-state index in [-0.39, 0.29) is 0 Å². The molecule has 0 bridgehead atoms. The van der Waals surface area contributed by atoms with Crippen molar-refractivity contribution in [2.24, 2.45) is 5.92 Å². The summed E-state index contributed by atoms with van der Waals surface area (Å²) in [6.45, 7) is 5.53. The van der Waals surface area contributed by atoms with Crippen LogP contribution in [0.5, 0.6) is 11.5 Å². The first-order valence-corrected chi connectivity index (χ1v) is 8.24. The minimum absolute atomic E-state index is 0.341. The van der Waals surface area contributed by atoms with E-state index in [1.54, 1.807) is 12.1 Å². The van der Waals surface area contributed by atoms with Crippen molar-refractivity contribution < 1.29 is 19.4 Å². The van der Waals surface area contributed by atoms with Crippen molar-refractivity contribution in [2.45, 2.75) is 20.4 Å². The van der Waals surface area contributed by atoms with E-state index in [2.05, 4.69) is 18.4 Å². The number of benzene rings is 2. The van der Waals surface area contributed by atoms with Gasteiger partial charge in [0.2, 0.25) is 0 Å². The maximum atomic E-state index is 10.8. The van der Waals surface area contributed by atoms with Crippen LogP contribution < -0.4 is 9.47 Å². The summed E-state index contributed by atoms with van der Waals surface area (Å²) in [5.74, 6) is 1.67. The van der Waals surface area contributed by atoms with Crippen molar-refractivity contribution in [3.05, 3.63) is 60.3 Å². The molecule has 0 aliphatic rings. The highest BCUT2D eigenvalue weighted by Gasteiger charge is 2.11. The third-order valence-corrected chi connectivity index (χ3v) is 3.86. The van der Waals surface area contributed by atoms with E-state index >= 15 is 0 Å². The molecule has 0 aliphatic heterocycles. The molecule has 0 fully saturated rings. The monoisotopic (exact) mass is 339 g/mol. The summed E-state index contributed by atoms with van der Waals surface area (Å²) in [6, 6.07) is 15.2. The number of aromatic nitrogens is 1. The molecular weight excluding hydrogens is 318 g/mol. The van der Waals surface area contributed by atoms with Gasteiger partial charge in [-0.3, -0.25) is 0 Å². The fourth-order valence-electron chi connectivity index (χ4n) is 2.73. The number of ether oxygens (including phenoxy) is 2. The SMILES string of the molecule is CC(C)COc1ccccc1Cn1ccc2c(OC(=O)O)cccc21. The molecule has 2 aromatic carbocycles. The standard InChI is InChI=1S/C20H21NO4/c1-14(2)13-24-18-8-4-3-6-15(18)12-21-11-10-16-17(21)7-5-9-19(16)25-20(22)23/h3-11,14H,12-13H2,1-2H3,(H,22,23). The van der Waals surface area contributed by atoms with E-state index in [0.717, 1.165) is 22.2 Å². The largest absolute Gasteiger partial charge is 0.511 e. The molecule has 0 aliphatic carbocycles. The lowest BCUT2D eigenvalue weighted by Crippen LogP contribution is -2.07. The molecule has 130 valence electrons. The maximum Gasteiger partial charge on any atom is 0.511 e. The van der Waals surface area contributed by atoms with Crippen LogP contribution in [0.1, 0.15) is 19.4 Å². The van der Waals surface area contributed by atoms with Crippen molar-refractivity contribution in [3.63, 3.8) is 0 Å². The van der Waals surface area contributed by atoms with Gasteiger partial charge in [0.25, 0.3) is 0 Å². The molecule has 3 rings (SSSR count). The number of nitrogens with zero attached hydrogens (tertiary/aromatic N) is 1. The van der Waals surface area contributed by atoms with Crippen LogP contribution in [0.25, 0.3) is 10.9 Å². The Labute approximate surface area is 146 Å². The Hall–Kier alpha value is -2.95. The quantitative estimate of drug-likeness (QED) is 0.518. The Morgan fingerprint density at radius 2 is 1.84 bits per heavy atom. The van der Waals surface area contributed by atoms with E-state index in [1.165, 1.54) is 0 Å². The zero-order chi connectivity index (χ0) is 17.8. The van der Waals surface area contributed by atoms with Gasteiger partial charge in [-0.25, -0.2) is 4.79 Å². The number of carbonyl (C=O) groups is 1. The Morgan fingerprint density at radius 3 is 2.60 bits per heavy atom. The topological polar surface area (TPSA) is 60.7 Å². The summed E-state index contributed by atoms with van der Waals surface area (Å²) in [7, 11) is 0. The highest BCUT2D eigenvalue weighted by molar-refractivity contribution is 5.88. The summed E-state index contributed by atoms with van der Waals surface area (Å²) in [4.78, 5) is 10.8.